The van der Waals surface area contributed by atoms with Gasteiger partial charge < -0.3 is 9.84 Å². The largest absolute Gasteiger partial charge is 0.479 e. The van der Waals surface area contributed by atoms with Gasteiger partial charge in [0, 0.05) is 0 Å². The highest BCUT2D eigenvalue weighted by molar-refractivity contribution is 8.22. The average Bonchev–Trinajstić information content (AvgIpc) is 1.87. The van der Waals surface area contributed by atoms with Gasteiger partial charge in [0.05, 0.1) is 0 Å². The van der Waals surface area contributed by atoms with Crippen molar-refractivity contribution in [2.45, 2.75) is 20.0 Å². The molecule has 0 fully saturated rings. The normalized spacial score (nSPS) is 12.2. The van der Waals surface area contributed by atoms with E-state index in [1.54, 1.807) is 0 Å². The van der Waals surface area contributed by atoms with Crippen molar-refractivity contribution in [1.29, 1.82) is 0 Å². The first-order chi connectivity index (χ1) is 5.07. The van der Waals surface area contributed by atoms with Gasteiger partial charge in [0.25, 0.3) is 0 Å². The van der Waals surface area contributed by atoms with Crippen molar-refractivity contribution in [1.82, 2.24) is 0 Å². The molecule has 3 nitrogen and oxygen atoms in total. The van der Waals surface area contributed by atoms with Crippen molar-refractivity contribution < 1.29 is 14.6 Å². The van der Waals surface area contributed by atoms with Crippen molar-refractivity contribution in [2.75, 3.05) is 5.75 Å². The van der Waals surface area contributed by atoms with Crippen LogP contribution in [0.1, 0.15) is 13.8 Å². The Morgan fingerprint density at radius 2 is 2.36 bits per heavy atom. The maximum Gasteiger partial charge on any atom is 0.344 e. The molecular weight excluding hydrogens is 184 g/mol. The third kappa shape index (κ3) is 5.03. The van der Waals surface area contributed by atoms with Crippen LogP contribution < -0.4 is 0 Å². The standard InChI is InChI=1S/C6H10O3S2/c1-3-11-6(10)9-4(2)5(7)8/h4H,3H2,1-2H3,(H,7,8)/t4-/m0/s1. The van der Waals surface area contributed by atoms with Gasteiger partial charge in [-0.2, -0.15) is 0 Å². The molecule has 0 rings (SSSR count). The fourth-order valence-electron chi connectivity index (χ4n) is 0.347. The molecule has 11 heavy (non-hydrogen) atoms. The molecule has 1 N–H and O–H groups in total. The number of carboxylic acid groups (broad SMARTS) is 1. The predicted octanol–water partition coefficient (Wildman–Crippen LogP) is 1.51. The van der Waals surface area contributed by atoms with Crippen LogP contribution in [0.15, 0.2) is 0 Å². The molecule has 0 spiro atoms. The molecule has 0 saturated heterocycles. The Balaban J connectivity index is 3.66. The zero-order valence-electron chi connectivity index (χ0n) is 6.36. The topological polar surface area (TPSA) is 46.5 Å². The van der Waals surface area contributed by atoms with Gasteiger partial charge in [-0.15, -0.1) is 0 Å². The SMILES string of the molecule is CCSC(=S)O[C@@H](C)C(=O)O. The average molecular weight is 194 g/mol. The first kappa shape index (κ1) is 10.7. The van der Waals surface area contributed by atoms with Crippen molar-refractivity contribution in [3.8, 4) is 0 Å². The summed E-state index contributed by atoms with van der Waals surface area (Å²) in [5, 5.41) is 8.41. The molecule has 0 aromatic heterocycles. The molecular formula is C6H10O3S2. The number of hydrogen-bond acceptors (Lipinski definition) is 4. The smallest absolute Gasteiger partial charge is 0.344 e. The summed E-state index contributed by atoms with van der Waals surface area (Å²) in [7, 11) is 0. The number of thiocarbonyl (C=S) groups is 1. The van der Waals surface area contributed by atoms with Gasteiger partial charge in [0.2, 0.25) is 4.38 Å². The van der Waals surface area contributed by atoms with Gasteiger partial charge in [0.1, 0.15) is 0 Å². The number of thioether (sulfide) groups is 1. The minimum atomic E-state index is -0.996. The molecule has 1 atom stereocenters. The predicted molar refractivity (Wildman–Crippen MR) is 48.9 cm³/mol. The van der Waals surface area contributed by atoms with Crippen LogP contribution in [-0.4, -0.2) is 27.3 Å². The number of hydrogen-bond donors (Lipinski definition) is 1. The van der Waals surface area contributed by atoms with Crippen LogP contribution in [0.3, 0.4) is 0 Å². The second-order valence-electron chi connectivity index (χ2n) is 1.78. The Bertz CT molecular complexity index is 158. The minimum absolute atomic E-state index is 0.294. The first-order valence-corrected chi connectivity index (χ1v) is 4.53. The van der Waals surface area contributed by atoms with E-state index in [0.29, 0.717) is 4.38 Å². The third-order valence-electron chi connectivity index (χ3n) is 0.883. The molecule has 0 amide bonds. The summed E-state index contributed by atoms with van der Waals surface area (Å²) in [6, 6.07) is 0. The Morgan fingerprint density at radius 1 is 1.82 bits per heavy atom. The van der Waals surface area contributed by atoms with Crippen molar-refractivity contribution in [3.05, 3.63) is 0 Å². The lowest BCUT2D eigenvalue weighted by Crippen LogP contribution is -2.21. The maximum atomic E-state index is 10.2. The zero-order valence-corrected chi connectivity index (χ0v) is 8.00. The van der Waals surface area contributed by atoms with Crippen LogP contribution >= 0.6 is 24.0 Å². The van der Waals surface area contributed by atoms with Crippen molar-refractivity contribution in [2.24, 2.45) is 0 Å². The van der Waals surface area contributed by atoms with Gasteiger partial charge in [-0.05, 0) is 24.9 Å². The lowest BCUT2D eigenvalue weighted by molar-refractivity contribution is -0.144. The second-order valence-corrected chi connectivity index (χ2v) is 3.65. The van der Waals surface area contributed by atoms with E-state index in [1.165, 1.54) is 18.7 Å². The molecule has 0 saturated carbocycles. The first-order valence-electron chi connectivity index (χ1n) is 3.14. The highest BCUT2D eigenvalue weighted by Gasteiger charge is 2.13. The van der Waals surface area contributed by atoms with Crippen LogP contribution in [0.4, 0.5) is 0 Å². The van der Waals surface area contributed by atoms with Gasteiger partial charge in [-0.1, -0.05) is 18.7 Å². The summed E-state index contributed by atoms with van der Waals surface area (Å²) >= 11 is 6.05. The van der Waals surface area contributed by atoms with Crippen molar-refractivity contribution in [3.63, 3.8) is 0 Å². The quantitative estimate of drug-likeness (QED) is 0.690. The van der Waals surface area contributed by atoms with Crippen LogP contribution in [-0.2, 0) is 9.53 Å². The Morgan fingerprint density at radius 3 is 2.73 bits per heavy atom. The van der Waals surface area contributed by atoms with E-state index in [9.17, 15) is 4.79 Å². The van der Waals surface area contributed by atoms with Gasteiger partial charge >= 0.3 is 5.97 Å². The van der Waals surface area contributed by atoms with Gasteiger partial charge in [0.15, 0.2) is 6.10 Å². The molecule has 0 bridgehead atoms. The van der Waals surface area contributed by atoms with Gasteiger partial charge in [-0.3, -0.25) is 0 Å². The monoisotopic (exact) mass is 194 g/mol. The van der Waals surface area contributed by atoms with E-state index in [4.69, 9.17) is 22.1 Å². The Kier molecular flexibility index (Phi) is 5.23. The van der Waals surface area contributed by atoms with Crippen LogP contribution in [0, 0.1) is 0 Å². The number of carbonyl (C=O) groups is 1. The van der Waals surface area contributed by atoms with E-state index < -0.39 is 12.1 Å². The van der Waals surface area contributed by atoms with Gasteiger partial charge in [-0.25, -0.2) is 4.79 Å². The summed E-state index contributed by atoms with van der Waals surface area (Å²) in [5.74, 6) is -0.199. The Hall–Kier alpha value is -0.290. The van der Waals surface area contributed by atoms with E-state index in [0.717, 1.165) is 5.75 Å². The fourth-order valence-corrected chi connectivity index (χ4v) is 1.29. The highest BCUT2D eigenvalue weighted by Crippen LogP contribution is 2.07. The van der Waals surface area contributed by atoms with Crippen LogP contribution in [0.2, 0.25) is 0 Å². The summed E-state index contributed by atoms with van der Waals surface area (Å²) < 4.78 is 5.14. The van der Waals surface area contributed by atoms with Crippen molar-refractivity contribution >= 4 is 34.3 Å². The Labute approximate surface area is 75.1 Å². The lowest BCUT2D eigenvalue weighted by atomic mass is 10.4. The molecule has 0 aromatic carbocycles. The minimum Gasteiger partial charge on any atom is -0.479 e. The van der Waals surface area contributed by atoms with E-state index >= 15 is 0 Å². The summed E-state index contributed by atoms with van der Waals surface area (Å²) in [5.41, 5.74) is 0. The summed E-state index contributed by atoms with van der Waals surface area (Å²) in [6.07, 6.45) is -0.846. The summed E-state index contributed by atoms with van der Waals surface area (Å²) in [6.45, 7) is 3.37. The molecule has 0 aliphatic carbocycles. The van der Waals surface area contributed by atoms with E-state index in [-0.39, 0.29) is 0 Å². The van der Waals surface area contributed by atoms with Crippen LogP contribution in [0.25, 0.3) is 0 Å². The fraction of sp³-hybridized carbons (Fsp3) is 0.667. The number of rotatable bonds is 3. The number of aliphatic carboxylic acids is 1. The molecule has 5 heteroatoms. The zero-order chi connectivity index (χ0) is 8.85. The van der Waals surface area contributed by atoms with E-state index in [2.05, 4.69) is 0 Å². The third-order valence-corrected chi connectivity index (χ3v) is 1.95. The molecule has 64 valence electrons. The van der Waals surface area contributed by atoms with Crippen LogP contribution in [0.5, 0.6) is 0 Å². The lowest BCUT2D eigenvalue weighted by Gasteiger charge is -2.08. The second kappa shape index (κ2) is 5.37. The number of ether oxygens (including phenoxy) is 1. The van der Waals surface area contributed by atoms with E-state index in [1.807, 2.05) is 6.92 Å². The molecule has 0 aliphatic rings. The molecule has 0 unspecified atom stereocenters. The molecule has 0 aliphatic heterocycles. The highest BCUT2D eigenvalue weighted by atomic mass is 32.2. The molecule has 0 aromatic rings. The maximum absolute atomic E-state index is 10.2. The summed E-state index contributed by atoms with van der Waals surface area (Å²) in [4.78, 5) is 10.2. The molecule has 0 heterocycles. The number of carboxylic acids is 1. The molecule has 0 radical (unpaired) electrons.